The van der Waals surface area contributed by atoms with Gasteiger partial charge in [-0.15, -0.1) is 0 Å². The van der Waals surface area contributed by atoms with Crippen LogP contribution in [0, 0.1) is 0 Å². The van der Waals surface area contributed by atoms with Crippen LogP contribution in [0.3, 0.4) is 0 Å². The molecule has 0 bridgehead atoms. The van der Waals surface area contributed by atoms with Crippen molar-refractivity contribution in [2.75, 3.05) is 0 Å². The molecule has 0 aliphatic carbocycles. The molecule has 0 aromatic rings. The average Bonchev–Trinajstić information content (AvgIpc) is 1.14. The summed E-state index contributed by atoms with van der Waals surface area (Å²) in [4.78, 5) is 0. The molecule has 11 heteroatoms. The second-order valence-electron chi connectivity index (χ2n) is 0.885. The molecule has 0 aliphatic rings. The second kappa shape index (κ2) is 5.60. The van der Waals surface area contributed by atoms with Gasteiger partial charge < -0.3 is 0 Å². The number of rotatable bonds is 2. The Bertz CT molecular complexity index is 237. The van der Waals surface area contributed by atoms with Crippen molar-refractivity contribution >= 4 is 26.2 Å². The molecule has 0 aliphatic heterocycles. The van der Waals surface area contributed by atoms with Gasteiger partial charge in [0.05, 0.1) is 0 Å². The van der Waals surface area contributed by atoms with Gasteiger partial charge in [0, 0.05) is 31.7 Å². The summed E-state index contributed by atoms with van der Waals surface area (Å²) < 4.78 is 58.9. The Morgan fingerprint density at radius 2 is 1.09 bits per heavy atom. The zero-order valence-corrected chi connectivity index (χ0v) is 10.6. The fourth-order valence-electron chi connectivity index (χ4n) is 0.102. The maximum absolute atomic E-state index is 9.38. The van der Waals surface area contributed by atoms with Gasteiger partial charge in [-0.3, -0.25) is 0 Å². The topological polar surface area (TPSA) is 152 Å². The number of hydrogen-bond acceptors (Lipinski definition) is 7. The normalized spacial score (nSPS) is 11.1. The van der Waals surface area contributed by atoms with Crippen LogP contribution in [0.5, 0.6) is 0 Å². The van der Waals surface area contributed by atoms with Crippen molar-refractivity contribution in [1.29, 1.82) is 0 Å². The average molecular weight is 441 g/mol. The van der Waals surface area contributed by atoms with Crippen molar-refractivity contribution in [2.24, 2.45) is 0 Å². The van der Waals surface area contributed by atoms with Crippen molar-refractivity contribution in [3.05, 3.63) is 0 Å². The molecule has 11 heavy (non-hydrogen) atoms. The molecule has 0 saturated heterocycles. The third-order valence-electron chi connectivity index (χ3n) is 0.167. The molecule has 0 saturated carbocycles. The summed E-state index contributed by atoms with van der Waals surface area (Å²) in [5.41, 5.74) is 0. The Morgan fingerprint density at radius 1 is 0.909 bits per heavy atom. The Balaban J connectivity index is -0.000000320. The number of hydrogen-bond donors (Lipinski definition) is 0. The second-order valence-corrected chi connectivity index (χ2v) is 4.52. The van der Waals surface area contributed by atoms with E-state index in [0.717, 1.165) is 0 Å². The molecule has 67 valence electrons. The molecule has 0 aromatic heterocycles. The van der Waals surface area contributed by atoms with Gasteiger partial charge in [-0.25, -0.2) is 0 Å². The van der Waals surface area contributed by atoms with Crippen LogP contribution in [0.25, 0.3) is 0 Å². The molecule has 0 heterocycles. The van der Waals surface area contributed by atoms with E-state index in [-0.39, 0.29) is 31.7 Å². The third-order valence-corrected chi connectivity index (χ3v) is 2.83. The minimum atomic E-state index is -6.07. The van der Waals surface area contributed by atoms with Crippen LogP contribution in [0.15, 0.2) is 0 Å². The molecule has 0 N–H and O–H groups in total. The van der Waals surface area contributed by atoms with E-state index in [0.29, 0.717) is 0 Å². The molecule has 0 spiro atoms. The van der Waals surface area contributed by atoms with Crippen molar-refractivity contribution in [3.8, 4) is 0 Å². The van der Waals surface area contributed by atoms with Crippen LogP contribution in [0.4, 0.5) is 0 Å². The molecular formula is BiCr2O8-2. The summed E-state index contributed by atoms with van der Waals surface area (Å²) >= 11 is -12.1. The van der Waals surface area contributed by atoms with Crippen molar-refractivity contribution in [3.63, 3.8) is 0 Å². The first kappa shape index (κ1) is 17.9. The Labute approximate surface area is 84.8 Å². The predicted octanol–water partition coefficient (Wildman–Crippen LogP) is -3.43. The predicted molar refractivity (Wildman–Crippen MR) is 10.3 cm³/mol. The summed E-state index contributed by atoms with van der Waals surface area (Å²) in [6.45, 7) is 0. The summed E-state index contributed by atoms with van der Waals surface area (Å²) in [7, 11) is 0. The van der Waals surface area contributed by atoms with Crippen LogP contribution in [-0.2, 0) is 50.8 Å². The van der Waals surface area contributed by atoms with Gasteiger partial charge >= 0.3 is 53.6 Å². The van der Waals surface area contributed by atoms with Gasteiger partial charge in [-0.1, -0.05) is 0 Å². The fourth-order valence-corrected chi connectivity index (χ4v) is 1.74. The summed E-state index contributed by atoms with van der Waals surface area (Å²) in [6.07, 6.45) is 0. The van der Waals surface area contributed by atoms with Crippen molar-refractivity contribution < 1.29 is 59.1 Å². The monoisotopic (exact) mass is 441 g/mol. The van der Waals surface area contributed by atoms with E-state index < -0.39 is 27.2 Å². The van der Waals surface area contributed by atoms with Gasteiger partial charge in [-0.2, -0.15) is 0 Å². The van der Waals surface area contributed by atoms with E-state index in [1.54, 1.807) is 0 Å². The minimum absolute atomic E-state index is 0. The Morgan fingerprint density at radius 3 is 1.09 bits per heavy atom. The molecule has 5 radical (unpaired) electrons. The Kier molecular flexibility index (Phi) is 9.13. The first-order chi connectivity index (χ1) is 3.71. The zero-order chi connectivity index (χ0) is 7.71. The quantitative estimate of drug-likeness (QED) is 0.405. The van der Waals surface area contributed by atoms with Crippen LogP contribution < -0.4 is 8.32 Å². The van der Waals surface area contributed by atoms with Gasteiger partial charge in [0.15, 0.2) is 0 Å². The maximum atomic E-state index is 9.38. The van der Waals surface area contributed by atoms with Crippen LogP contribution >= 0.6 is 0 Å². The molecule has 0 unspecified atom stereocenters. The van der Waals surface area contributed by atoms with Crippen molar-refractivity contribution in [1.82, 2.24) is 0 Å². The summed E-state index contributed by atoms with van der Waals surface area (Å²) in [5.74, 6) is 0. The van der Waals surface area contributed by atoms with Crippen LogP contribution in [0.2, 0.25) is 0 Å². The first-order valence-electron chi connectivity index (χ1n) is 1.33. The first-order valence-corrected chi connectivity index (χ1v) is 5.50. The third kappa shape index (κ3) is 18.2. The zero-order valence-electron chi connectivity index (χ0n) is 4.53. The fraction of sp³-hybridized carbons (Fsp3) is 0. The van der Waals surface area contributed by atoms with Crippen molar-refractivity contribution in [2.45, 2.75) is 0 Å². The molecule has 0 fully saturated rings. The van der Waals surface area contributed by atoms with Gasteiger partial charge in [0.25, 0.3) is 0 Å². The van der Waals surface area contributed by atoms with E-state index in [1.165, 1.54) is 0 Å². The standard InChI is InChI=1S/Bi.2Cr.8O/q;;;;;;;;;2*-1. The van der Waals surface area contributed by atoms with Gasteiger partial charge in [0.2, 0.25) is 0 Å². The summed E-state index contributed by atoms with van der Waals surface area (Å²) in [5, 5.41) is 0. The van der Waals surface area contributed by atoms with E-state index >= 15 is 0 Å². The van der Waals surface area contributed by atoms with Crippen LogP contribution in [0.1, 0.15) is 0 Å². The van der Waals surface area contributed by atoms with Gasteiger partial charge in [0.1, 0.15) is 0 Å². The van der Waals surface area contributed by atoms with Crippen LogP contribution in [-0.4, -0.2) is 26.2 Å². The molecule has 0 atom stereocenters. The molecule has 0 aromatic carbocycles. The van der Waals surface area contributed by atoms with E-state index in [9.17, 15) is 23.5 Å². The van der Waals surface area contributed by atoms with E-state index in [1.807, 2.05) is 0 Å². The SMILES string of the molecule is [Bi].[O].[O]=[Cr](=[O])([O-])[O][Cr](=[O])(=[O])[O-]. The molecule has 0 amide bonds. The van der Waals surface area contributed by atoms with E-state index in [2.05, 4.69) is 2.84 Å². The molecular weight excluding hydrogens is 441 g/mol. The Hall–Kier alpha value is 0.988. The molecule has 8 nitrogen and oxygen atoms in total. The van der Waals surface area contributed by atoms with E-state index in [4.69, 9.17) is 0 Å². The summed E-state index contributed by atoms with van der Waals surface area (Å²) in [6, 6.07) is 0. The van der Waals surface area contributed by atoms with Gasteiger partial charge in [-0.05, 0) is 0 Å². The molecule has 0 rings (SSSR count).